The summed E-state index contributed by atoms with van der Waals surface area (Å²) in [6.45, 7) is 4.11. The second kappa shape index (κ2) is 15.0. The van der Waals surface area contributed by atoms with Gasteiger partial charge in [-0.05, 0) is 54.3 Å². The topological polar surface area (TPSA) is 49.4 Å². The molecule has 0 aliphatic heterocycles. The Hall–Kier alpha value is -1.89. The van der Waals surface area contributed by atoms with Crippen molar-refractivity contribution in [1.82, 2.24) is 10.2 Å². The lowest BCUT2D eigenvalue weighted by atomic mass is 10.0. The molecular formula is C29H30Cl4N2O2S. The van der Waals surface area contributed by atoms with Gasteiger partial charge in [0, 0.05) is 44.9 Å². The lowest BCUT2D eigenvalue weighted by Gasteiger charge is -2.32. The van der Waals surface area contributed by atoms with Crippen molar-refractivity contribution in [2.75, 3.05) is 5.75 Å². The Balaban J connectivity index is 1.91. The van der Waals surface area contributed by atoms with Gasteiger partial charge in [-0.15, -0.1) is 11.8 Å². The molecule has 0 saturated heterocycles. The van der Waals surface area contributed by atoms with E-state index in [1.807, 2.05) is 44.2 Å². The smallest absolute Gasteiger partial charge is 0.243 e. The number of amides is 2. The minimum absolute atomic E-state index is 0.0337. The van der Waals surface area contributed by atoms with Gasteiger partial charge in [-0.2, -0.15) is 0 Å². The van der Waals surface area contributed by atoms with Crippen molar-refractivity contribution in [3.8, 4) is 0 Å². The van der Waals surface area contributed by atoms with E-state index in [1.54, 1.807) is 41.3 Å². The first kappa shape index (κ1) is 30.6. The summed E-state index contributed by atoms with van der Waals surface area (Å²) < 4.78 is 0. The van der Waals surface area contributed by atoms with Crippen LogP contribution in [0.25, 0.3) is 0 Å². The quantitative estimate of drug-likeness (QED) is 0.225. The van der Waals surface area contributed by atoms with Crippen molar-refractivity contribution >= 4 is 70.0 Å². The number of nitrogens with one attached hydrogen (secondary N) is 1. The van der Waals surface area contributed by atoms with Crippen LogP contribution in [0.2, 0.25) is 20.1 Å². The van der Waals surface area contributed by atoms with Gasteiger partial charge in [-0.3, -0.25) is 9.59 Å². The lowest BCUT2D eigenvalue weighted by Crippen LogP contribution is -2.52. The van der Waals surface area contributed by atoms with Gasteiger partial charge < -0.3 is 10.2 Å². The van der Waals surface area contributed by atoms with Crippen molar-refractivity contribution < 1.29 is 9.59 Å². The lowest BCUT2D eigenvalue weighted by molar-refractivity contribution is -0.139. The van der Waals surface area contributed by atoms with Crippen LogP contribution in [0, 0.1) is 0 Å². The summed E-state index contributed by atoms with van der Waals surface area (Å²) in [6.07, 6.45) is 1.14. The summed E-state index contributed by atoms with van der Waals surface area (Å²) in [4.78, 5) is 29.0. The molecule has 0 heterocycles. The Labute approximate surface area is 249 Å². The third kappa shape index (κ3) is 8.82. The minimum Gasteiger partial charge on any atom is -0.352 e. The molecule has 0 radical (unpaired) electrons. The molecule has 3 aromatic carbocycles. The molecule has 3 rings (SSSR count). The maximum Gasteiger partial charge on any atom is 0.243 e. The van der Waals surface area contributed by atoms with Gasteiger partial charge in [-0.25, -0.2) is 0 Å². The molecule has 202 valence electrons. The van der Waals surface area contributed by atoms with E-state index in [0.717, 1.165) is 17.5 Å². The number of halogens is 4. The number of carbonyl (C=O) groups is 2. The number of carbonyl (C=O) groups excluding carboxylic acids is 2. The van der Waals surface area contributed by atoms with Crippen LogP contribution in [0.3, 0.4) is 0 Å². The van der Waals surface area contributed by atoms with Crippen LogP contribution in [0.15, 0.2) is 66.7 Å². The van der Waals surface area contributed by atoms with Crippen molar-refractivity contribution in [2.45, 2.75) is 51.1 Å². The zero-order valence-corrected chi connectivity index (χ0v) is 25.1. The average Bonchev–Trinajstić information content (AvgIpc) is 2.89. The standard InChI is InChI=1S/C29H30Cl4N2O2S/c1-3-19(2)34-29(37)27(14-20-8-5-4-6-9-20)35(16-21-12-13-22(30)15-26(21)33)28(36)18-38-17-23-24(31)10-7-11-25(23)32/h4-13,15,19,27H,3,14,16-18H2,1-2H3,(H,34,37)/t19-,27-/m1/s1. The molecule has 0 bridgehead atoms. The van der Waals surface area contributed by atoms with Gasteiger partial charge in [-0.1, -0.05) is 95.8 Å². The maximum absolute atomic E-state index is 13.8. The zero-order valence-electron chi connectivity index (χ0n) is 21.2. The Bertz CT molecular complexity index is 1220. The highest BCUT2D eigenvalue weighted by Crippen LogP contribution is 2.29. The van der Waals surface area contributed by atoms with E-state index in [0.29, 0.717) is 37.8 Å². The Morgan fingerprint density at radius 1 is 0.921 bits per heavy atom. The highest BCUT2D eigenvalue weighted by atomic mass is 35.5. The van der Waals surface area contributed by atoms with Gasteiger partial charge >= 0.3 is 0 Å². The highest BCUT2D eigenvalue weighted by Gasteiger charge is 2.31. The zero-order chi connectivity index (χ0) is 27.7. The van der Waals surface area contributed by atoms with Crippen LogP contribution < -0.4 is 5.32 Å². The van der Waals surface area contributed by atoms with Crippen molar-refractivity contribution in [3.63, 3.8) is 0 Å². The maximum atomic E-state index is 13.8. The van der Waals surface area contributed by atoms with E-state index in [1.165, 1.54) is 11.8 Å². The van der Waals surface area contributed by atoms with E-state index >= 15 is 0 Å². The molecule has 38 heavy (non-hydrogen) atoms. The second-order valence-electron chi connectivity index (χ2n) is 8.97. The predicted octanol–water partition coefficient (Wildman–Crippen LogP) is 8.09. The third-order valence-electron chi connectivity index (χ3n) is 6.16. The summed E-state index contributed by atoms with van der Waals surface area (Å²) in [7, 11) is 0. The van der Waals surface area contributed by atoms with Crippen LogP contribution in [0.1, 0.15) is 37.0 Å². The molecule has 3 aromatic rings. The van der Waals surface area contributed by atoms with E-state index in [2.05, 4.69) is 5.32 Å². The van der Waals surface area contributed by atoms with Crippen molar-refractivity contribution in [3.05, 3.63) is 104 Å². The fourth-order valence-corrected chi connectivity index (χ4v) is 5.94. The molecule has 0 aliphatic rings. The molecule has 0 fully saturated rings. The summed E-state index contributed by atoms with van der Waals surface area (Å²) in [5.74, 6) is 0.196. The van der Waals surface area contributed by atoms with Crippen LogP contribution in [-0.4, -0.2) is 34.6 Å². The number of hydrogen-bond acceptors (Lipinski definition) is 3. The molecule has 0 unspecified atom stereocenters. The van der Waals surface area contributed by atoms with Gasteiger partial charge in [0.2, 0.25) is 11.8 Å². The Morgan fingerprint density at radius 3 is 2.24 bits per heavy atom. The van der Waals surface area contributed by atoms with Crippen molar-refractivity contribution in [1.29, 1.82) is 0 Å². The first-order valence-corrected chi connectivity index (χ1v) is 14.9. The Kier molecular flexibility index (Phi) is 12.1. The number of thioether (sulfide) groups is 1. The number of rotatable bonds is 12. The minimum atomic E-state index is -0.741. The molecule has 4 nitrogen and oxygen atoms in total. The molecule has 0 aromatic heterocycles. The van der Waals surface area contributed by atoms with E-state index < -0.39 is 6.04 Å². The Morgan fingerprint density at radius 2 is 1.61 bits per heavy atom. The molecule has 9 heteroatoms. The van der Waals surface area contributed by atoms with Gasteiger partial charge in [0.15, 0.2) is 0 Å². The predicted molar refractivity (Wildman–Crippen MR) is 161 cm³/mol. The molecule has 1 N–H and O–H groups in total. The largest absolute Gasteiger partial charge is 0.352 e. The van der Waals surface area contributed by atoms with E-state index in [4.69, 9.17) is 46.4 Å². The third-order valence-corrected chi connectivity index (χ3v) is 8.40. The summed E-state index contributed by atoms with van der Waals surface area (Å²) in [6, 6.07) is 19.4. The first-order valence-electron chi connectivity index (χ1n) is 12.3. The summed E-state index contributed by atoms with van der Waals surface area (Å²) >= 11 is 26.6. The molecule has 0 spiro atoms. The van der Waals surface area contributed by atoms with E-state index in [-0.39, 0.29) is 30.2 Å². The number of benzene rings is 3. The molecular weight excluding hydrogens is 582 g/mol. The summed E-state index contributed by atoms with van der Waals surface area (Å²) in [5, 5.41) is 5.10. The van der Waals surface area contributed by atoms with Gasteiger partial charge in [0.25, 0.3) is 0 Å². The molecule has 0 aliphatic carbocycles. The molecule has 0 saturated carbocycles. The summed E-state index contributed by atoms with van der Waals surface area (Å²) in [5.41, 5.74) is 2.43. The van der Waals surface area contributed by atoms with Crippen LogP contribution >= 0.6 is 58.2 Å². The molecule has 2 atom stereocenters. The monoisotopic (exact) mass is 610 g/mol. The van der Waals surface area contributed by atoms with Crippen molar-refractivity contribution in [2.24, 2.45) is 0 Å². The van der Waals surface area contributed by atoms with E-state index in [9.17, 15) is 9.59 Å². The number of hydrogen-bond donors (Lipinski definition) is 1. The molecule has 2 amide bonds. The van der Waals surface area contributed by atoms with Crippen LogP contribution in [0.4, 0.5) is 0 Å². The van der Waals surface area contributed by atoms with Crippen LogP contribution in [0.5, 0.6) is 0 Å². The number of nitrogens with zero attached hydrogens (tertiary/aromatic N) is 1. The fourth-order valence-electron chi connectivity index (χ4n) is 3.82. The fraction of sp³-hybridized carbons (Fsp3) is 0.310. The second-order valence-corrected chi connectivity index (χ2v) is 11.6. The average molecular weight is 612 g/mol. The van der Waals surface area contributed by atoms with Crippen LogP contribution in [-0.2, 0) is 28.3 Å². The highest BCUT2D eigenvalue weighted by molar-refractivity contribution is 7.99. The normalized spacial score (nSPS) is 12.6. The van der Waals surface area contributed by atoms with Gasteiger partial charge in [0.05, 0.1) is 5.75 Å². The first-order chi connectivity index (χ1) is 18.2. The SMILES string of the molecule is CC[C@@H](C)NC(=O)[C@@H](Cc1ccccc1)N(Cc1ccc(Cl)cc1Cl)C(=O)CSCc1c(Cl)cccc1Cl. The van der Waals surface area contributed by atoms with Gasteiger partial charge in [0.1, 0.15) is 6.04 Å².